The molecule has 1 unspecified atom stereocenters. The number of benzene rings is 1. The lowest BCUT2D eigenvalue weighted by Crippen LogP contribution is -2.29. The molecule has 1 aromatic rings. The summed E-state index contributed by atoms with van der Waals surface area (Å²) in [5.41, 5.74) is 5.29. The predicted octanol–water partition coefficient (Wildman–Crippen LogP) is 1.66. The third kappa shape index (κ3) is 2.10. The standard InChI is InChI=1S/C10H10F3N3/c11-10(12,13)7-3-1-2-6(4-7)8-5-15-9(14)16-8/h1-4,8H,5H2,(H3,14,15,16). The third-order valence-corrected chi connectivity index (χ3v) is 2.38. The van der Waals surface area contributed by atoms with Crippen LogP contribution in [0.1, 0.15) is 17.2 Å². The van der Waals surface area contributed by atoms with Crippen molar-refractivity contribution in [3.63, 3.8) is 0 Å². The largest absolute Gasteiger partial charge is 0.416 e. The molecule has 1 aromatic carbocycles. The second-order valence-corrected chi connectivity index (χ2v) is 3.55. The van der Waals surface area contributed by atoms with Crippen molar-refractivity contribution in [1.82, 2.24) is 5.32 Å². The molecule has 0 fully saturated rings. The van der Waals surface area contributed by atoms with E-state index in [4.69, 9.17) is 5.73 Å². The number of alkyl halides is 3. The Hall–Kier alpha value is -1.72. The first-order valence-corrected chi connectivity index (χ1v) is 4.70. The summed E-state index contributed by atoms with van der Waals surface area (Å²) in [5, 5.41) is 2.81. The van der Waals surface area contributed by atoms with Crippen LogP contribution in [0.3, 0.4) is 0 Å². The minimum Gasteiger partial charge on any atom is -0.370 e. The van der Waals surface area contributed by atoms with Crippen molar-refractivity contribution in [3.8, 4) is 0 Å². The van der Waals surface area contributed by atoms with Gasteiger partial charge in [-0.2, -0.15) is 13.2 Å². The zero-order chi connectivity index (χ0) is 11.8. The fraction of sp³-hybridized carbons (Fsp3) is 0.300. The molecule has 1 aliphatic rings. The molecule has 0 saturated carbocycles. The summed E-state index contributed by atoms with van der Waals surface area (Å²) in [6, 6.07) is 4.91. The van der Waals surface area contributed by atoms with Crippen molar-refractivity contribution in [2.45, 2.75) is 12.2 Å². The Morgan fingerprint density at radius 1 is 1.38 bits per heavy atom. The average Bonchev–Trinajstić information content (AvgIpc) is 2.64. The van der Waals surface area contributed by atoms with Crippen LogP contribution in [0.4, 0.5) is 13.2 Å². The maximum atomic E-state index is 12.5. The van der Waals surface area contributed by atoms with Crippen molar-refractivity contribution in [2.75, 3.05) is 6.54 Å². The van der Waals surface area contributed by atoms with Crippen LogP contribution in [0.5, 0.6) is 0 Å². The summed E-state index contributed by atoms with van der Waals surface area (Å²) < 4.78 is 37.4. The van der Waals surface area contributed by atoms with Gasteiger partial charge in [0.15, 0.2) is 5.96 Å². The Bertz CT molecular complexity index is 426. The van der Waals surface area contributed by atoms with E-state index in [0.29, 0.717) is 12.1 Å². The number of aliphatic imine (C=N–C) groups is 1. The van der Waals surface area contributed by atoms with Gasteiger partial charge in [0.2, 0.25) is 0 Å². The fourth-order valence-corrected chi connectivity index (χ4v) is 1.58. The lowest BCUT2D eigenvalue weighted by Gasteiger charge is -2.13. The van der Waals surface area contributed by atoms with Crippen LogP contribution in [0.15, 0.2) is 29.3 Å². The molecule has 0 saturated heterocycles. The summed E-state index contributed by atoms with van der Waals surface area (Å²) in [4.78, 5) is 3.89. The number of guanidine groups is 1. The van der Waals surface area contributed by atoms with E-state index in [0.717, 1.165) is 12.1 Å². The van der Waals surface area contributed by atoms with Crippen molar-refractivity contribution >= 4 is 5.96 Å². The molecule has 0 spiro atoms. The first-order chi connectivity index (χ1) is 7.47. The van der Waals surface area contributed by atoms with Gasteiger partial charge in [0.05, 0.1) is 18.2 Å². The van der Waals surface area contributed by atoms with E-state index in [-0.39, 0.29) is 12.0 Å². The van der Waals surface area contributed by atoms with Crippen LogP contribution in [0, 0.1) is 0 Å². The van der Waals surface area contributed by atoms with E-state index < -0.39 is 11.7 Å². The minimum absolute atomic E-state index is 0.262. The fourth-order valence-electron chi connectivity index (χ4n) is 1.58. The Morgan fingerprint density at radius 3 is 2.69 bits per heavy atom. The van der Waals surface area contributed by atoms with Crippen LogP contribution in [-0.4, -0.2) is 12.5 Å². The molecule has 0 bridgehead atoms. The topological polar surface area (TPSA) is 50.4 Å². The molecule has 2 rings (SSSR count). The monoisotopic (exact) mass is 229 g/mol. The van der Waals surface area contributed by atoms with Gasteiger partial charge in [-0.15, -0.1) is 0 Å². The molecule has 0 aliphatic carbocycles. The van der Waals surface area contributed by atoms with E-state index >= 15 is 0 Å². The third-order valence-electron chi connectivity index (χ3n) is 2.38. The van der Waals surface area contributed by atoms with Crippen molar-refractivity contribution in [1.29, 1.82) is 0 Å². The molecular formula is C10H10F3N3. The molecule has 86 valence electrons. The summed E-state index contributed by atoms with van der Waals surface area (Å²) in [7, 11) is 0. The average molecular weight is 229 g/mol. The smallest absolute Gasteiger partial charge is 0.370 e. The maximum Gasteiger partial charge on any atom is 0.416 e. The molecule has 0 radical (unpaired) electrons. The summed E-state index contributed by atoms with van der Waals surface area (Å²) in [6.45, 7) is 0.368. The van der Waals surface area contributed by atoms with Gasteiger partial charge >= 0.3 is 6.18 Å². The first-order valence-electron chi connectivity index (χ1n) is 4.70. The predicted molar refractivity (Wildman–Crippen MR) is 53.8 cm³/mol. The Labute approximate surface area is 90.2 Å². The molecule has 1 aliphatic heterocycles. The van der Waals surface area contributed by atoms with Gasteiger partial charge in [-0.1, -0.05) is 12.1 Å². The lowest BCUT2D eigenvalue weighted by molar-refractivity contribution is -0.137. The number of nitrogens with one attached hydrogen (secondary N) is 1. The number of hydrogen-bond acceptors (Lipinski definition) is 3. The minimum atomic E-state index is -4.32. The molecule has 1 atom stereocenters. The molecule has 3 nitrogen and oxygen atoms in total. The van der Waals surface area contributed by atoms with Gasteiger partial charge in [0, 0.05) is 0 Å². The highest BCUT2D eigenvalue weighted by Crippen LogP contribution is 2.31. The highest BCUT2D eigenvalue weighted by Gasteiger charge is 2.31. The zero-order valence-corrected chi connectivity index (χ0v) is 8.25. The number of halogens is 3. The molecule has 1 heterocycles. The molecule has 16 heavy (non-hydrogen) atoms. The Kier molecular flexibility index (Phi) is 2.49. The number of hydrogen-bond donors (Lipinski definition) is 2. The van der Waals surface area contributed by atoms with E-state index in [9.17, 15) is 13.2 Å². The van der Waals surface area contributed by atoms with E-state index in [1.54, 1.807) is 6.07 Å². The van der Waals surface area contributed by atoms with Crippen molar-refractivity contribution in [3.05, 3.63) is 35.4 Å². The van der Waals surface area contributed by atoms with Gasteiger partial charge in [0.25, 0.3) is 0 Å². The zero-order valence-electron chi connectivity index (χ0n) is 8.25. The molecule has 6 heteroatoms. The highest BCUT2D eigenvalue weighted by atomic mass is 19.4. The second kappa shape index (κ2) is 3.70. The first kappa shape index (κ1) is 10.8. The van der Waals surface area contributed by atoms with Gasteiger partial charge < -0.3 is 11.1 Å². The Balaban J connectivity index is 2.24. The van der Waals surface area contributed by atoms with Gasteiger partial charge in [-0.05, 0) is 17.7 Å². The van der Waals surface area contributed by atoms with Crippen LogP contribution in [-0.2, 0) is 6.18 Å². The van der Waals surface area contributed by atoms with Gasteiger partial charge in [-0.3, -0.25) is 4.99 Å². The van der Waals surface area contributed by atoms with E-state index in [2.05, 4.69) is 10.3 Å². The number of nitrogens with zero attached hydrogens (tertiary/aromatic N) is 1. The van der Waals surface area contributed by atoms with Gasteiger partial charge in [0.1, 0.15) is 0 Å². The molecule has 3 N–H and O–H groups in total. The SMILES string of the molecule is NC1=NCC(c2cccc(C(F)(F)F)c2)N1. The van der Waals surface area contributed by atoms with E-state index in [1.165, 1.54) is 6.07 Å². The number of rotatable bonds is 1. The highest BCUT2D eigenvalue weighted by molar-refractivity contribution is 5.80. The van der Waals surface area contributed by atoms with Crippen LogP contribution in [0.2, 0.25) is 0 Å². The van der Waals surface area contributed by atoms with Crippen molar-refractivity contribution in [2.24, 2.45) is 10.7 Å². The molecule has 0 aromatic heterocycles. The lowest BCUT2D eigenvalue weighted by atomic mass is 10.0. The molecule has 0 amide bonds. The molecular weight excluding hydrogens is 219 g/mol. The van der Waals surface area contributed by atoms with Crippen molar-refractivity contribution < 1.29 is 13.2 Å². The second-order valence-electron chi connectivity index (χ2n) is 3.55. The summed E-state index contributed by atoms with van der Waals surface area (Å²) in [5.74, 6) is 0.266. The normalized spacial score (nSPS) is 20.4. The number of nitrogens with two attached hydrogens (primary N) is 1. The van der Waals surface area contributed by atoms with E-state index in [1.807, 2.05) is 0 Å². The Morgan fingerprint density at radius 2 is 2.12 bits per heavy atom. The summed E-state index contributed by atoms with van der Waals surface area (Å²) >= 11 is 0. The van der Waals surface area contributed by atoms with Gasteiger partial charge in [-0.25, -0.2) is 0 Å². The van der Waals surface area contributed by atoms with Crippen LogP contribution >= 0.6 is 0 Å². The summed E-state index contributed by atoms with van der Waals surface area (Å²) in [6.07, 6.45) is -4.32. The van der Waals surface area contributed by atoms with Crippen LogP contribution in [0.25, 0.3) is 0 Å². The quantitative estimate of drug-likeness (QED) is 0.769. The van der Waals surface area contributed by atoms with Crippen LogP contribution < -0.4 is 11.1 Å². The maximum absolute atomic E-state index is 12.5.